The Morgan fingerprint density at radius 2 is 0.689 bits per heavy atom. The third-order valence-electron chi connectivity index (χ3n) is 30.6. The van der Waals surface area contributed by atoms with Crippen molar-refractivity contribution >= 4 is 199 Å². The molecule has 0 amide bonds. The molecule has 148 heavy (non-hydrogen) atoms. The first kappa shape index (κ1) is 109. The van der Waals surface area contributed by atoms with Crippen LogP contribution in [0, 0.1) is 49.4 Å². The molecule has 38 heteroatoms. The molecule has 23 rings (SSSR count). The van der Waals surface area contributed by atoms with E-state index in [4.69, 9.17) is 117 Å². The monoisotopic (exact) mass is 2310 g/mol. The number of piperidine rings is 4. The Morgan fingerprint density at radius 1 is 0.385 bits per heavy atom. The van der Waals surface area contributed by atoms with Crippen LogP contribution in [0.1, 0.15) is 205 Å². The first-order valence-electron chi connectivity index (χ1n) is 50.1. The number of nitrogens with one attached hydrogen (secondary N) is 4. The lowest BCUT2D eigenvalue weighted by atomic mass is 9.73. The molecule has 8 aliphatic rings. The van der Waals surface area contributed by atoms with Gasteiger partial charge in [-0.2, -0.15) is 0 Å². The maximum Gasteiger partial charge on any atom is 0.490 e. The van der Waals surface area contributed by atoms with Gasteiger partial charge >= 0.3 is 7.12 Å². The molecule has 25 nitrogen and oxygen atoms in total. The van der Waals surface area contributed by atoms with E-state index in [1.165, 1.54) is 50.6 Å². The van der Waals surface area contributed by atoms with Crippen molar-refractivity contribution in [2.24, 2.45) is 27.4 Å². The average Bonchev–Trinajstić information content (AvgIpc) is 1.52. The van der Waals surface area contributed by atoms with Gasteiger partial charge in [0.05, 0.1) is 127 Å². The second-order valence-corrected chi connectivity index (χ2v) is 53.2. The molecule has 4 aliphatic heterocycles. The summed E-state index contributed by atoms with van der Waals surface area (Å²) in [7, 11) is -4.88. The highest BCUT2D eigenvalue weighted by molar-refractivity contribution is 9.11. The van der Waals surface area contributed by atoms with Crippen LogP contribution in [0.25, 0.3) is 44.8 Å². The summed E-state index contributed by atoms with van der Waals surface area (Å²) in [5.41, 5.74) is 28.7. The van der Waals surface area contributed by atoms with E-state index in [1.807, 2.05) is 151 Å². The number of fused-ring (bicyclic) bond motifs is 8. The Labute approximate surface area is 925 Å². The highest BCUT2D eigenvalue weighted by atomic mass is 79.9. The SMILES string of the molecule is CC(C)(C)[S@](=O)N[C@@H]1c2ccccc2CC12CCNCC2.Cc1nc(Cl)n2ccnc2c1Br.Cc1nc(N2CCC3(CC2)Cc2ccccc2[C@H]3N)n2ccnc2c1-c1cccc(Cl)c1Cl.Cc1nc(N2CCC3(CC2)Cc2ccccc2[C@H]3N[S@@](=O)C(C)(C)C)n2ccnc2c1-c1cccc(Cl)c1Cl.Cc1nc(N2CCC3(CC2)Cc2ccccc2[C@H]3N[S@@](=O)C(C)(C)C)n2ccnc2c1Br.OB(O)c1cccc(Cl)c1Cl. The van der Waals surface area contributed by atoms with Crippen LogP contribution < -0.4 is 45.4 Å². The lowest BCUT2D eigenvalue weighted by Gasteiger charge is -2.44. The van der Waals surface area contributed by atoms with Gasteiger partial charge in [0.1, 0.15) is 11.3 Å². The van der Waals surface area contributed by atoms with Crippen molar-refractivity contribution in [2.45, 2.75) is 205 Å². The first-order chi connectivity index (χ1) is 70.5. The minimum Gasteiger partial charge on any atom is -0.423 e. The second-order valence-electron chi connectivity index (χ2n) is 43.0. The molecule has 8 N–H and O–H groups in total. The van der Waals surface area contributed by atoms with Crippen molar-refractivity contribution in [3.8, 4) is 22.3 Å². The smallest absolute Gasteiger partial charge is 0.423 e. The van der Waals surface area contributed by atoms with Gasteiger partial charge in [0.15, 0.2) is 11.3 Å². The normalized spacial score (nSPS) is 19.3. The van der Waals surface area contributed by atoms with Gasteiger partial charge in [0.2, 0.25) is 23.1 Å². The number of hydrogen-bond acceptors (Lipinski definition) is 18. The maximum atomic E-state index is 13.2. The zero-order valence-corrected chi connectivity index (χ0v) is 96.0. The van der Waals surface area contributed by atoms with E-state index in [9.17, 15) is 12.6 Å². The molecule has 7 atom stereocenters. The van der Waals surface area contributed by atoms with Crippen LogP contribution in [0.15, 0.2) is 210 Å². The first-order valence-corrected chi connectivity index (χ1v) is 57.8. The number of imidazole rings is 4. The molecule has 4 aliphatic carbocycles. The minimum absolute atomic E-state index is 0.0123. The lowest BCUT2D eigenvalue weighted by molar-refractivity contribution is 0.164. The van der Waals surface area contributed by atoms with Gasteiger partial charge < -0.3 is 35.8 Å². The van der Waals surface area contributed by atoms with E-state index in [-0.39, 0.29) is 70.6 Å². The standard InChI is InChI=1S/C30H33Cl2N5OS.C26H25Cl2N5.C24H30BrN5OS.C17H26N2OS.C7H5BrClN3.C6H5BCl2O2/c1-19-24(22-10-7-11-23(31)25(22)32)27-33-14-17-37(27)28(34-19)36-15-12-30(13-16-36)18-20-8-5-6-9-21(20)26(30)35-39(38)29(2,3)4;1-16-21(19-7-4-8-20(27)22(19)28)24-30-11-14-33(24)25(31-16)32-12-9-26(10-13-32)15-17-5-2-3-6-18(17)23(26)29;1-16-19(25)21-26-11-14-30(21)22(27-16)29-12-9-24(10-13-29)15-17-7-5-6-8-18(17)20(24)28-32(31)23(2,3)4;1-16(2,3)21(20)19-15-14-7-5-4-6-13(14)12-17(15)8-10-18-11-9-17;1-4-5(8)6-10-2-3-12(6)7(9)11-4;8-5-3-1-2-4(6(5)9)7(10)11/h5-11,14,17,26,35H,12-13,15-16,18H2,1-4H3;2-8,11,14,23H,9-10,12-13,15,29H2,1H3;5-8,11,14,20,28H,9-10,12-13,15H2,1-4H3;4-7,15,18-19H,8-12H2,1-3H3;2-3H,1H3;1-3,10-11H/t26-,39+;23-;20-,32+;15-,21+;;/m1111../s1. The van der Waals surface area contributed by atoms with Crippen molar-refractivity contribution in [1.29, 1.82) is 0 Å². The molecular formula is C110H124BBr2Cl7N20O5S3. The topological polar surface area (TPSA) is 296 Å². The van der Waals surface area contributed by atoms with Gasteiger partial charge in [0.25, 0.3) is 0 Å². The molecule has 15 aromatic rings. The Hall–Kier alpha value is -8.36. The van der Waals surface area contributed by atoms with E-state index >= 15 is 0 Å². The molecule has 0 saturated carbocycles. The fourth-order valence-electron chi connectivity index (χ4n) is 22.5. The molecule has 0 bridgehead atoms. The van der Waals surface area contributed by atoms with Gasteiger partial charge in [-0.1, -0.05) is 203 Å². The molecule has 0 unspecified atom stereocenters. The summed E-state index contributed by atoms with van der Waals surface area (Å²) in [6.45, 7) is 33.7. The minimum atomic E-state index is -1.57. The Bertz CT molecular complexity index is 7530. The van der Waals surface area contributed by atoms with Crippen LogP contribution in [-0.2, 0) is 58.6 Å². The van der Waals surface area contributed by atoms with Crippen LogP contribution >= 0.6 is 113 Å². The number of halogens is 9. The maximum absolute atomic E-state index is 13.2. The third kappa shape index (κ3) is 22.0. The summed E-state index contributed by atoms with van der Waals surface area (Å²) in [5.74, 6) is 2.75. The zero-order valence-electron chi connectivity index (χ0n) is 85.1. The Balaban J connectivity index is 0.000000122. The highest BCUT2D eigenvalue weighted by Gasteiger charge is 2.53. The van der Waals surface area contributed by atoms with Crippen molar-refractivity contribution in [3.63, 3.8) is 0 Å². The fraction of sp³-hybridized carbons (Fsp3) is 0.400. The molecule has 4 spiro atoms. The van der Waals surface area contributed by atoms with Gasteiger partial charge in [-0.25, -0.2) is 66.7 Å². The van der Waals surface area contributed by atoms with Gasteiger partial charge in [-0.3, -0.25) is 17.6 Å². The molecule has 7 aromatic carbocycles. The molecule has 8 aromatic heterocycles. The molecule has 4 fully saturated rings. The Kier molecular flexibility index (Phi) is 33.0. The number of nitrogens with two attached hydrogens (primary N) is 1. The predicted molar refractivity (Wildman–Crippen MR) is 614 cm³/mol. The third-order valence-corrected chi connectivity index (χ3v) is 39.9. The molecule has 778 valence electrons. The summed E-state index contributed by atoms with van der Waals surface area (Å²) >= 11 is 49.9. The van der Waals surface area contributed by atoms with Crippen LogP contribution in [0.2, 0.25) is 35.4 Å². The summed E-state index contributed by atoms with van der Waals surface area (Å²) < 4.78 is 58.5. The molecule has 0 radical (unpaired) electrons. The lowest BCUT2D eigenvalue weighted by Crippen LogP contribution is -2.48. The van der Waals surface area contributed by atoms with Gasteiger partial charge in [-0.15, -0.1) is 0 Å². The van der Waals surface area contributed by atoms with Crippen molar-refractivity contribution < 1.29 is 22.7 Å². The Morgan fingerprint density at radius 3 is 1.06 bits per heavy atom. The van der Waals surface area contributed by atoms with Crippen LogP contribution in [0.5, 0.6) is 0 Å². The summed E-state index contributed by atoms with van der Waals surface area (Å²) in [4.78, 5) is 44.2. The van der Waals surface area contributed by atoms with Crippen molar-refractivity contribution in [2.75, 3.05) is 67.1 Å². The van der Waals surface area contributed by atoms with E-state index in [0.717, 1.165) is 224 Å². The van der Waals surface area contributed by atoms with Crippen LogP contribution in [-0.4, -0.2) is 154 Å². The highest BCUT2D eigenvalue weighted by Crippen LogP contribution is 2.58. The second kappa shape index (κ2) is 44.6. The van der Waals surface area contributed by atoms with E-state index in [0.29, 0.717) is 30.4 Å². The quantitative estimate of drug-likeness (QED) is 0.0442. The summed E-state index contributed by atoms with van der Waals surface area (Å²) in [6.07, 6.45) is 27.4. The van der Waals surface area contributed by atoms with Crippen molar-refractivity contribution in [3.05, 3.63) is 313 Å². The number of hydrogen-bond donors (Lipinski definition) is 7. The number of rotatable bonds is 12. The van der Waals surface area contributed by atoms with E-state index in [1.54, 1.807) is 41.1 Å². The number of anilines is 3. The fourth-order valence-corrected chi connectivity index (χ4v) is 27.5. The largest absolute Gasteiger partial charge is 0.490 e. The number of aryl methyl sites for hydroxylation is 4. The number of benzene rings is 7. The van der Waals surface area contributed by atoms with Crippen LogP contribution in [0.3, 0.4) is 0 Å². The van der Waals surface area contributed by atoms with E-state index in [2.05, 4.69) is 196 Å². The summed E-state index contributed by atoms with van der Waals surface area (Å²) in [6, 6.07) is 51.1. The van der Waals surface area contributed by atoms with Crippen molar-refractivity contribution in [1.82, 2.24) is 77.0 Å². The van der Waals surface area contributed by atoms with E-state index < -0.39 is 40.1 Å². The molecular weight excluding hydrogens is 2200 g/mol. The zero-order chi connectivity index (χ0) is 105. The number of nitrogens with zero attached hydrogens (tertiary/aromatic N) is 15. The van der Waals surface area contributed by atoms with Gasteiger partial charge in [0, 0.05) is 123 Å². The van der Waals surface area contributed by atoms with Gasteiger partial charge in [-0.05, 0) is 308 Å². The molecule has 12 heterocycles. The average molecular weight is 2320 g/mol. The summed E-state index contributed by atoms with van der Waals surface area (Å²) in [5, 5.41) is 23.9. The molecule has 4 saturated heterocycles. The number of aromatic nitrogens is 12. The van der Waals surface area contributed by atoms with Crippen LogP contribution in [0.4, 0.5) is 17.8 Å². The predicted octanol–water partition coefficient (Wildman–Crippen LogP) is 23.4.